The van der Waals surface area contributed by atoms with Gasteiger partial charge in [0.2, 0.25) is 0 Å². The standard InChI is InChI=1S/C17H29N5O/c1-4-21-10-12-22(13-11-21)15-6-7-16(19-14-15)17(23)18-8-5-9-20(2)3/h6-7,14H,4-5,8-13H2,1-3H3,(H,18,23). The topological polar surface area (TPSA) is 51.7 Å². The highest BCUT2D eigenvalue weighted by atomic mass is 16.1. The van der Waals surface area contributed by atoms with Gasteiger partial charge in [-0.1, -0.05) is 6.92 Å². The first-order valence-electron chi connectivity index (χ1n) is 8.46. The van der Waals surface area contributed by atoms with Gasteiger partial charge in [0.05, 0.1) is 11.9 Å². The zero-order chi connectivity index (χ0) is 16.7. The van der Waals surface area contributed by atoms with Crippen molar-refractivity contribution in [2.75, 3.05) is 64.8 Å². The summed E-state index contributed by atoms with van der Waals surface area (Å²) in [5.41, 5.74) is 1.59. The zero-order valence-corrected chi connectivity index (χ0v) is 14.6. The molecule has 128 valence electrons. The predicted octanol–water partition coefficient (Wildman–Crippen LogP) is 0.905. The van der Waals surface area contributed by atoms with Gasteiger partial charge in [-0.2, -0.15) is 0 Å². The summed E-state index contributed by atoms with van der Waals surface area (Å²) in [4.78, 5) is 23.3. The minimum Gasteiger partial charge on any atom is -0.368 e. The number of hydrogen-bond donors (Lipinski definition) is 1. The number of rotatable bonds is 7. The smallest absolute Gasteiger partial charge is 0.269 e. The molecule has 0 bridgehead atoms. The van der Waals surface area contributed by atoms with E-state index in [1.165, 1.54) is 0 Å². The quantitative estimate of drug-likeness (QED) is 0.757. The van der Waals surface area contributed by atoms with Crippen LogP contribution in [0.15, 0.2) is 18.3 Å². The molecule has 1 aromatic heterocycles. The number of pyridine rings is 1. The van der Waals surface area contributed by atoms with Crippen molar-refractivity contribution in [2.45, 2.75) is 13.3 Å². The zero-order valence-electron chi connectivity index (χ0n) is 14.6. The van der Waals surface area contributed by atoms with Crippen LogP contribution < -0.4 is 10.2 Å². The highest BCUT2D eigenvalue weighted by Crippen LogP contribution is 2.15. The molecule has 1 aliphatic heterocycles. The first kappa shape index (κ1) is 17.7. The average molecular weight is 319 g/mol. The van der Waals surface area contributed by atoms with E-state index in [1.807, 2.05) is 32.4 Å². The maximum Gasteiger partial charge on any atom is 0.269 e. The summed E-state index contributed by atoms with van der Waals surface area (Å²) in [5.74, 6) is -0.0916. The summed E-state index contributed by atoms with van der Waals surface area (Å²) in [7, 11) is 4.06. The molecule has 0 atom stereocenters. The summed E-state index contributed by atoms with van der Waals surface area (Å²) >= 11 is 0. The Morgan fingerprint density at radius 3 is 2.57 bits per heavy atom. The van der Waals surface area contributed by atoms with Crippen LogP contribution in [0, 0.1) is 0 Å². The third-order valence-corrected chi connectivity index (χ3v) is 4.23. The van der Waals surface area contributed by atoms with E-state index < -0.39 is 0 Å². The maximum atomic E-state index is 12.1. The van der Waals surface area contributed by atoms with E-state index in [4.69, 9.17) is 0 Å². The molecule has 2 heterocycles. The van der Waals surface area contributed by atoms with E-state index >= 15 is 0 Å². The monoisotopic (exact) mass is 319 g/mol. The number of piperazine rings is 1. The number of carbonyl (C=O) groups is 1. The van der Waals surface area contributed by atoms with Crippen LogP contribution >= 0.6 is 0 Å². The van der Waals surface area contributed by atoms with E-state index in [9.17, 15) is 4.79 Å². The summed E-state index contributed by atoms with van der Waals surface area (Å²) in [5, 5.41) is 2.92. The Labute approximate surface area is 139 Å². The molecule has 1 aromatic rings. The molecule has 1 saturated heterocycles. The molecule has 0 aromatic carbocycles. The molecule has 0 unspecified atom stereocenters. The number of hydrogen-bond acceptors (Lipinski definition) is 5. The molecule has 1 amide bonds. The minimum absolute atomic E-state index is 0.0916. The Bertz CT molecular complexity index is 480. The Balaban J connectivity index is 1.81. The summed E-state index contributed by atoms with van der Waals surface area (Å²) < 4.78 is 0. The third kappa shape index (κ3) is 5.48. The number of aromatic nitrogens is 1. The van der Waals surface area contributed by atoms with Crippen LogP contribution in [-0.4, -0.2) is 80.6 Å². The summed E-state index contributed by atoms with van der Waals surface area (Å²) in [6.45, 7) is 9.17. The van der Waals surface area contributed by atoms with E-state index in [0.717, 1.165) is 51.4 Å². The second-order valence-corrected chi connectivity index (χ2v) is 6.24. The molecule has 0 saturated carbocycles. The van der Waals surface area contributed by atoms with Crippen molar-refractivity contribution < 1.29 is 4.79 Å². The van der Waals surface area contributed by atoms with Gasteiger partial charge in [0.25, 0.3) is 5.91 Å². The molecule has 1 aliphatic rings. The van der Waals surface area contributed by atoms with E-state index in [2.05, 4.69) is 31.9 Å². The van der Waals surface area contributed by atoms with Crippen molar-refractivity contribution >= 4 is 11.6 Å². The molecule has 0 spiro atoms. The lowest BCUT2D eigenvalue weighted by molar-refractivity contribution is 0.0947. The Kier molecular flexibility index (Phi) is 6.80. The second-order valence-electron chi connectivity index (χ2n) is 6.24. The number of nitrogens with one attached hydrogen (secondary N) is 1. The second kappa shape index (κ2) is 8.84. The Morgan fingerprint density at radius 2 is 2.00 bits per heavy atom. The molecular weight excluding hydrogens is 290 g/mol. The normalized spacial score (nSPS) is 15.9. The molecule has 0 radical (unpaired) electrons. The SMILES string of the molecule is CCN1CCN(c2ccc(C(=O)NCCCN(C)C)nc2)CC1. The highest BCUT2D eigenvalue weighted by Gasteiger charge is 2.16. The van der Waals surface area contributed by atoms with Crippen molar-refractivity contribution in [2.24, 2.45) is 0 Å². The van der Waals surface area contributed by atoms with Gasteiger partial charge < -0.3 is 20.0 Å². The number of nitrogens with zero attached hydrogens (tertiary/aromatic N) is 4. The molecular formula is C17H29N5O. The molecule has 6 heteroatoms. The van der Waals surface area contributed by atoms with Gasteiger partial charge in [-0.3, -0.25) is 4.79 Å². The largest absolute Gasteiger partial charge is 0.368 e. The lowest BCUT2D eigenvalue weighted by Crippen LogP contribution is -2.46. The van der Waals surface area contributed by atoms with E-state index in [1.54, 1.807) is 0 Å². The van der Waals surface area contributed by atoms with Crippen molar-refractivity contribution in [1.29, 1.82) is 0 Å². The molecule has 23 heavy (non-hydrogen) atoms. The van der Waals surface area contributed by atoms with Crippen molar-refractivity contribution in [1.82, 2.24) is 20.1 Å². The van der Waals surface area contributed by atoms with Crippen molar-refractivity contribution in [3.8, 4) is 0 Å². The molecule has 0 aliphatic carbocycles. The Morgan fingerprint density at radius 1 is 1.26 bits per heavy atom. The van der Waals surface area contributed by atoms with Crippen LogP contribution in [0.2, 0.25) is 0 Å². The van der Waals surface area contributed by atoms with Crippen molar-refractivity contribution in [3.63, 3.8) is 0 Å². The predicted molar refractivity (Wildman–Crippen MR) is 94.1 cm³/mol. The maximum absolute atomic E-state index is 12.1. The number of carbonyl (C=O) groups excluding carboxylic acids is 1. The van der Waals surface area contributed by atoms with E-state index in [0.29, 0.717) is 12.2 Å². The van der Waals surface area contributed by atoms with Crippen LogP contribution in [0.25, 0.3) is 0 Å². The molecule has 2 rings (SSSR count). The van der Waals surface area contributed by atoms with Gasteiger partial charge in [-0.25, -0.2) is 4.98 Å². The van der Waals surface area contributed by atoms with Gasteiger partial charge in [-0.05, 0) is 45.7 Å². The molecule has 6 nitrogen and oxygen atoms in total. The van der Waals surface area contributed by atoms with Gasteiger partial charge in [0.1, 0.15) is 5.69 Å². The van der Waals surface area contributed by atoms with Gasteiger partial charge >= 0.3 is 0 Å². The van der Waals surface area contributed by atoms with Crippen LogP contribution in [-0.2, 0) is 0 Å². The van der Waals surface area contributed by atoms with Crippen LogP contribution in [0.4, 0.5) is 5.69 Å². The fraction of sp³-hybridized carbons (Fsp3) is 0.647. The fourth-order valence-corrected chi connectivity index (χ4v) is 2.72. The van der Waals surface area contributed by atoms with E-state index in [-0.39, 0.29) is 5.91 Å². The van der Waals surface area contributed by atoms with Crippen LogP contribution in [0.5, 0.6) is 0 Å². The minimum atomic E-state index is -0.0916. The highest BCUT2D eigenvalue weighted by molar-refractivity contribution is 5.92. The fourth-order valence-electron chi connectivity index (χ4n) is 2.72. The van der Waals surface area contributed by atoms with Crippen molar-refractivity contribution in [3.05, 3.63) is 24.0 Å². The van der Waals surface area contributed by atoms with Crippen LogP contribution in [0.3, 0.4) is 0 Å². The number of likely N-dealkylation sites (N-methyl/N-ethyl adjacent to an activating group) is 1. The summed E-state index contributed by atoms with van der Waals surface area (Å²) in [6.07, 6.45) is 2.76. The van der Waals surface area contributed by atoms with Crippen LogP contribution in [0.1, 0.15) is 23.8 Å². The summed E-state index contributed by atoms with van der Waals surface area (Å²) in [6, 6.07) is 3.83. The first-order chi connectivity index (χ1) is 11.1. The molecule has 1 fully saturated rings. The number of amides is 1. The third-order valence-electron chi connectivity index (χ3n) is 4.23. The average Bonchev–Trinajstić information content (AvgIpc) is 2.58. The van der Waals surface area contributed by atoms with Gasteiger partial charge in [0.15, 0.2) is 0 Å². The van der Waals surface area contributed by atoms with Gasteiger partial charge in [-0.15, -0.1) is 0 Å². The van der Waals surface area contributed by atoms with Gasteiger partial charge in [0, 0.05) is 32.7 Å². The first-order valence-corrected chi connectivity index (χ1v) is 8.46. The number of anilines is 1. The molecule has 1 N–H and O–H groups in total. The lowest BCUT2D eigenvalue weighted by Gasteiger charge is -2.35. The lowest BCUT2D eigenvalue weighted by atomic mass is 10.2. The Hall–Kier alpha value is -1.66.